The largest absolute Gasteiger partial charge is 0.497 e. The van der Waals surface area contributed by atoms with Gasteiger partial charge in [0.25, 0.3) is 5.91 Å². The molecule has 0 saturated carbocycles. The van der Waals surface area contributed by atoms with Gasteiger partial charge in [-0.2, -0.15) is 0 Å². The smallest absolute Gasteiger partial charge is 0.252 e. The van der Waals surface area contributed by atoms with E-state index in [1.54, 1.807) is 18.2 Å². The molecule has 0 heterocycles. The molecule has 1 aromatic carbocycles. The summed E-state index contributed by atoms with van der Waals surface area (Å²) in [5.74, 6) is 1.34. The Labute approximate surface area is 129 Å². The van der Waals surface area contributed by atoms with E-state index in [4.69, 9.17) is 32.7 Å². The molecule has 0 radical (unpaired) electrons. The predicted molar refractivity (Wildman–Crippen MR) is 81.5 cm³/mol. The standard InChI is InChI=1S/C14H19Cl2NO3/c1-4-14(8-15,9-16)17-13(18)10-5-11(19-2)7-12(6-10)20-3/h5-7H,4,8-9H2,1-3H3,(H,17,18). The summed E-state index contributed by atoms with van der Waals surface area (Å²) in [6.07, 6.45) is 0.646. The van der Waals surface area contributed by atoms with Crippen LogP contribution in [0.3, 0.4) is 0 Å². The third-order valence-corrected chi connectivity index (χ3v) is 4.20. The number of hydrogen-bond acceptors (Lipinski definition) is 3. The predicted octanol–water partition coefficient (Wildman–Crippen LogP) is 3.06. The Morgan fingerprint density at radius 3 is 2.00 bits per heavy atom. The van der Waals surface area contributed by atoms with Crippen molar-refractivity contribution >= 4 is 29.1 Å². The number of carbonyl (C=O) groups excluding carboxylic acids is 1. The third-order valence-electron chi connectivity index (χ3n) is 3.18. The number of hydrogen-bond donors (Lipinski definition) is 1. The summed E-state index contributed by atoms with van der Waals surface area (Å²) in [4.78, 5) is 12.3. The first kappa shape index (κ1) is 16.9. The van der Waals surface area contributed by atoms with Crippen molar-refractivity contribution in [2.75, 3.05) is 26.0 Å². The molecule has 0 aliphatic rings. The highest BCUT2D eigenvalue weighted by Crippen LogP contribution is 2.23. The molecule has 1 amide bonds. The van der Waals surface area contributed by atoms with Gasteiger partial charge in [-0.05, 0) is 18.6 Å². The third kappa shape index (κ3) is 3.93. The van der Waals surface area contributed by atoms with E-state index in [0.29, 0.717) is 23.5 Å². The van der Waals surface area contributed by atoms with E-state index < -0.39 is 5.54 Å². The van der Waals surface area contributed by atoms with Crippen molar-refractivity contribution in [3.8, 4) is 11.5 Å². The second-order valence-corrected chi connectivity index (χ2v) is 4.99. The minimum Gasteiger partial charge on any atom is -0.497 e. The fraction of sp³-hybridized carbons (Fsp3) is 0.500. The molecule has 0 atom stereocenters. The van der Waals surface area contributed by atoms with Crippen LogP contribution < -0.4 is 14.8 Å². The highest BCUT2D eigenvalue weighted by Gasteiger charge is 2.28. The van der Waals surface area contributed by atoms with Gasteiger partial charge >= 0.3 is 0 Å². The molecule has 0 aliphatic heterocycles. The lowest BCUT2D eigenvalue weighted by Crippen LogP contribution is -2.51. The van der Waals surface area contributed by atoms with Crippen LogP contribution in [0, 0.1) is 0 Å². The first-order valence-corrected chi connectivity index (χ1v) is 7.28. The quantitative estimate of drug-likeness (QED) is 0.786. The lowest BCUT2D eigenvalue weighted by Gasteiger charge is -2.29. The fourth-order valence-electron chi connectivity index (χ4n) is 1.63. The van der Waals surface area contributed by atoms with Crippen LogP contribution in [0.15, 0.2) is 18.2 Å². The van der Waals surface area contributed by atoms with Gasteiger partial charge in [-0.15, -0.1) is 23.2 Å². The molecule has 0 unspecified atom stereocenters. The summed E-state index contributed by atoms with van der Waals surface area (Å²) in [7, 11) is 3.06. The summed E-state index contributed by atoms with van der Waals surface area (Å²) in [5, 5.41) is 2.88. The van der Waals surface area contributed by atoms with Crippen molar-refractivity contribution in [1.29, 1.82) is 0 Å². The lowest BCUT2D eigenvalue weighted by molar-refractivity contribution is 0.0913. The normalized spacial score (nSPS) is 11.1. The monoisotopic (exact) mass is 319 g/mol. The SMILES string of the molecule is CCC(CCl)(CCl)NC(=O)c1cc(OC)cc(OC)c1. The van der Waals surface area contributed by atoms with Crippen LogP contribution in [0.4, 0.5) is 0 Å². The molecule has 20 heavy (non-hydrogen) atoms. The molecular weight excluding hydrogens is 301 g/mol. The maximum absolute atomic E-state index is 12.3. The minimum absolute atomic E-state index is 0.250. The van der Waals surface area contributed by atoms with Crippen LogP contribution in [0.5, 0.6) is 11.5 Å². The maximum Gasteiger partial charge on any atom is 0.252 e. The van der Waals surface area contributed by atoms with Gasteiger partial charge in [0.2, 0.25) is 0 Å². The molecule has 1 rings (SSSR count). The van der Waals surface area contributed by atoms with E-state index in [9.17, 15) is 4.79 Å². The first-order valence-electron chi connectivity index (χ1n) is 6.21. The zero-order valence-corrected chi connectivity index (χ0v) is 13.3. The molecule has 6 heteroatoms. The second-order valence-electron chi connectivity index (χ2n) is 4.46. The Hall–Kier alpha value is -1.13. The van der Waals surface area contributed by atoms with Gasteiger partial charge in [0.1, 0.15) is 11.5 Å². The van der Waals surface area contributed by atoms with Gasteiger partial charge in [0.05, 0.1) is 19.8 Å². The number of carbonyl (C=O) groups is 1. The number of nitrogens with one attached hydrogen (secondary N) is 1. The van der Waals surface area contributed by atoms with E-state index in [2.05, 4.69) is 5.32 Å². The summed E-state index contributed by atoms with van der Waals surface area (Å²) >= 11 is 11.8. The van der Waals surface area contributed by atoms with Crippen LogP contribution in [-0.2, 0) is 0 Å². The van der Waals surface area contributed by atoms with Crippen LogP contribution in [0.25, 0.3) is 0 Å². The van der Waals surface area contributed by atoms with Crippen molar-refractivity contribution < 1.29 is 14.3 Å². The van der Waals surface area contributed by atoms with Gasteiger partial charge in [0.15, 0.2) is 0 Å². The van der Waals surface area contributed by atoms with Crippen molar-refractivity contribution in [3.05, 3.63) is 23.8 Å². The summed E-state index contributed by atoms with van der Waals surface area (Å²) < 4.78 is 10.3. The Bertz CT molecular complexity index is 431. The van der Waals surface area contributed by atoms with E-state index in [1.165, 1.54) is 14.2 Å². The van der Waals surface area contributed by atoms with Gasteiger partial charge < -0.3 is 14.8 Å². The molecule has 112 valence electrons. The molecule has 0 bridgehead atoms. The van der Waals surface area contributed by atoms with Gasteiger partial charge in [-0.3, -0.25) is 4.79 Å². The average molecular weight is 320 g/mol. The van der Waals surface area contributed by atoms with Crippen molar-refractivity contribution in [1.82, 2.24) is 5.32 Å². The summed E-state index contributed by atoms with van der Waals surface area (Å²) in [6, 6.07) is 4.98. The molecule has 1 aromatic rings. The zero-order chi connectivity index (χ0) is 15.2. The van der Waals surface area contributed by atoms with Gasteiger partial charge in [-0.25, -0.2) is 0 Å². The first-order chi connectivity index (χ1) is 9.53. The Morgan fingerprint density at radius 1 is 1.15 bits per heavy atom. The number of rotatable bonds is 7. The van der Waals surface area contributed by atoms with Crippen LogP contribution in [0.1, 0.15) is 23.7 Å². The number of methoxy groups -OCH3 is 2. The maximum atomic E-state index is 12.3. The van der Waals surface area contributed by atoms with Crippen molar-refractivity contribution in [2.45, 2.75) is 18.9 Å². The second kappa shape index (κ2) is 7.60. The van der Waals surface area contributed by atoms with Crippen molar-refractivity contribution in [3.63, 3.8) is 0 Å². The molecule has 0 saturated heterocycles. The average Bonchev–Trinajstić information content (AvgIpc) is 2.51. The number of alkyl halides is 2. The van der Waals surface area contributed by atoms with E-state index in [0.717, 1.165) is 0 Å². The number of halogens is 2. The molecule has 0 aliphatic carbocycles. The van der Waals surface area contributed by atoms with E-state index in [1.807, 2.05) is 6.92 Å². The zero-order valence-electron chi connectivity index (χ0n) is 11.8. The van der Waals surface area contributed by atoms with Crippen LogP contribution in [-0.4, -0.2) is 37.4 Å². The highest BCUT2D eigenvalue weighted by atomic mass is 35.5. The highest BCUT2D eigenvalue weighted by molar-refractivity contribution is 6.22. The number of amides is 1. The Kier molecular flexibility index (Phi) is 6.43. The van der Waals surface area contributed by atoms with Gasteiger partial charge in [0, 0.05) is 23.4 Å². The molecule has 0 aromatic heterocycles. The van der Waals surface area contributed by atoms with E-state index in [-0.39, 0.29) is 17.7 Å². The minimum atomic E-state index is -0.615. The summed E-state index contributed by atoms with van der Waals surface area (Å²) in [5.41, 5.74) is -0.175. The summed E-state index contributed by atoms with van der Waals surface area (Å²) in [6.45, 7) is 1.93. The molecule has 4 nitrogen and oxygen atoms in total. The van der Waals surface area contributed by atoms with E-state index >= 15 is 0 Å². The van der Waals surface area contributed by atoms with Crippen LogP contribution in [0.2, 0.25) is 0 Å². The Balaban J connectivity index is 3.02. The van der Waals surface area contributed by atoms with Gasteiger partial charge in [-0.1, -0.05) is 6.92 Å². The molecule has 1 N–H and O–H groups in total. The van der Waals surface area contributed by atoms with Crippen molar-refractivity contribution in [2.24, 2.45) is 0 Å². The molecular formula is C14H19Cl2NO3. The topological polar surface area (TPSA) is 47.6 Å². The number of benzene rings is 1. The molecule has 0 spiro atoms. The Morgan fingerprint density at radius 2 is 1.65 bits per heavy atom. The fourth-order valence-corrected chi connectivity index (χ4v) is 2.43. The molecule has 0 fully saturated rings. The lowest BCUT2D eigenvalue weighted by atomic mass is 10.0. The van der Waals surface area contributed by atoms with Crippen LogP contribution >= 0.6 is 23.2 Å². The number of ether oxygens (including phenoxy) is 2.